The Morgan fingerprint density at radius 1 is 1.41 bits per heavy atom. The van der Waals surface area contributed by atoms with E-state index < -0.39 is 41.9 Å². The normalized spacial score (nSPS) is 14.0. The van der Waals surface area contributed by atoms with Crippen molar-refractivity contribution in [2.75, 3.05) is 6.61 Å². The van der Waals surface area contributed by atoms with Gasteiger partial charge in [0, 0.05) is 0 Å². The van der Waals surface area contributed by atoms with Gasteiger partial charge in [-0.2, -0.15) is 18.4 Å². The average molecular weight is 317 g/mol. The first kappa shape index (κ1) is 17.9. The molecule has 0 aromatic heterocycles. The predicted molar refractivity (Wildman–Crippen MR) is 68.4 cm³/mol. The van der Waals surface area contributed by atoms with Crippen molar-refractivity contribution < 1.29 is 32.9 Å². The van der Waals surface area contributed by atoms with E-state index >= 15 is 0 Å². The molecule has 2 N–H and O–H groups in total. The summed E-state index contributed by atoms with van der Waals surface area (Å²) >= 11 is 0. The van der Waals surface area contributed by atoms with Gasteiger partial charge in [-0.1, -0.05) is 6.07 Å². The third-order valence-electron chi connectivity index (χ3n) is 2.85. The minimum Gasteiger partial charge on any atom is -0.466 e. The Bertz CT molecular complexity index is 580. The van der Waals surface area contributed by atoms with Crippen molar-refractivity contribution >= 4 is 5.97 Å². The van der Waals surface area contributed by atoms with Crippen LogP contribution in [0.4, 0.5) is 13.2 Å². The minimum absolute atomic E-state index is 0.0479. The summed E-state index contributed by atoms with van der Waals surface area (Å²) in [4.78, 5) is 11.2. The second kappa shape index (κ2) is 7.24. The number of benzene rings is 1. The number of carbonyl (C=O) groups is 1. The molecule has 120 valence electrons. The van der Waals surface area contributed by atoms with Gasteiger partial charge >= 0.3 is 12.1 Å². The largest absolute Gasteiger partial charge is 0.466 e. The molecule has 2 unspecified atom stereocenters. The first-order valence-corrected chi connectivity index (χ1v) is 6.33. The van der Waals surface area contributed by atoms with Gasteiger partial charge in [-0.25, -0.2) is 0 Å². The van der Waals surface area contributed by atoms with E-state index in [4.69, 9.17) is 5.26 Å². The van der Waals surface area contributed by atoms with E-state index in [2.05, 4.69) is 4.74 Å². The van der Waals surface area contributed by atoms with E-state index in [9.17, 15) is 28.2 Å². The lowest BCUT2D eigenvalue weighted by molar-refractivity contribution is -0.147. The zero-order chi connectivity index (χ0) is 16.9. The maximum Gasteiger partial charge on any atom is 0.416 e. The maximum absolute atomic E-state index is 13.0. The third kappa shape index (κ3) is 4.44. The lowest BCUT2D eigenvalue weighted by Gasteiger charge is -2.21. The molecular formula is C14H14F3NO4. The Hall–Kier alpha value is -2.11. The maximum atomic E-state index is 13.0. The van der Waals surface area contributed by atoms with Crippen LogP contribution in [0.25, 0.3) is 0 Å². The average Bonchev–Trinajstić information content (AvgIpc) is 2.45. The molecule has 0 aliphatic rings. The van der Waals surface area contributed by atoms with Gasteiger partial charge in [0.2, 0.25) is 0 Å². The number of nitrogens with zero attached hydrogens (tertiary/aromatic N) is 1. The Kier molecular flexibility index (Phi) is 5.91. The van der Waals surface area contributed by atoms with Crippen molar-refractivity contribution in [2.24, 2.45) is 0 Å². The molecular weight excluding hydrogens is 303 g/mol. The van der Waals surface area contributed by atoms with Crippen LogP contribution in [0.3, 0.4) is 0 Å². The van der Waals surface area contributed by atoms with E-state index in [1.165, 1.54) is 6.92 Å². The smallest absolute Gasteiger partial charge is 0.416 e. The molecule has 0 saturated heterocycles. The van der Waals surface area contributed by atoms with Gasteiger partial charge in [-0.05, 0) is 24.6 Å². The van der Waals surface area contributed by atoms with Gasteiger partial charge in [0.05, 0.1) is 36.3 Å². The molecule has 0 spiro atoms. The number of alkyl halides is 3. The number of aliphatic hydroxyl groups is 2. The number of halogens is 3. The summed E-state index contributed by atoms with van der Waals surface area (Å²) in [5, 5.41) is 28.2. The van der Waals surface area contributed by atoms with Crippen LogP contribution in [0.1, 0.15) is 36.1 Å². The summed E-state index contributed by atoms with van der Waals surface area (Å²) in [7, 11) is 0. The number of hydrogen-bond donors (Lipinski definition) is 2. The molecule has 5 nitrogen and oxygen atoms in total. The molecule has 1 aromatic rings. The molecule has 0 aliphatic carbocycles. The molecule has 1 aromatic carbocycles. The van der Waals surface area contributed by atoms with Crippen LogP contribution >= 0.6 is 0 Å². The number of rotatable bonds is 5. The zero-order valence-corrected chi connectivity index (χ0v) is 11.6. The van der Waals surface area contributed by atoms with E-state index in [-0.39, 0.29) is 12.2 Å². The summed E-state index contributed by atoms with van der Waals surface area (Å²) in [5.41, 5.74) is -2.08. The van der Waals surface area contributed by atoms with E-state index in [0.717, 1.165) is 12.1 Å². The monoisotopic (exact) mass is 317 g/mol. The number of aliphatic hydroxyl groups excluding tert-OH is 2. The first-order valence-electron chi connectivity index (χ1n) is 6.33. The van der Waals surface area contributed by atoms with Crippen molar-refractivity contribution in [2.45, 2.75) is 31.7 Å². The molecule has 0 heterocycles. The van der Waals surface area contributed by atoms with Gasteiger partial charge in [0.15, 0.2) is 0 Å². The summed E-state index contributed by atoms with van der Waals surface area (Å²) in [6.07, 6.45) is -9.15. The molecule has 0 amide bonds. The molecule has 0 saturated carbocycles. The zero-order valence-electron chi connectivity index (χ0n) is 11.6. The highest BCUT2D eigenvalue weighted by Crippen LogP contribution is 2.36. The molecule has 8 heteroatoms. The van der Waals surface area contributed by atoms with Crippen molar-refractivity contribution in [3.8, 4) is 6.07 Å². The number of nitriles is 1. The molecule has 2 atom stereocenters. The van der Waals surface area contributed by atoms with Crippen LogP contribution in [-0.4, -0.2) is 28.9 Å². The first-order chi connectivity index (χ1) is 10.2. The molecule has 22 heavy (non-hydrogen) atoms. The van der Waals surface area contributed by atoms with Crippen molar-refractivity contribution in [1.29, 1.82) is 5.26 Å². The Labute approximate surface area is 124 Å². The fraction of sp³-hybridized carbons (Fsp3) is 0.429. The van der Waals surface area contributed by atoms with Gasteiger partial charge in [0.1, 0.15) is 6.10 Å². The van der Waals surface area contributed by atoms with Gasteiger partial charge in [0.25, 0.3) is 0 Å². The second-order valence-electron chi connectivity index (χ2n) is 4.43. The minimum atomic E-state index is -4.81. The lowest BCUT2D eigenvalue weighted by atomic mass is 9.95. The molecule has 0 fully saturated rings. The van der Waals surface area contributed by atoms with Crippen LogP contribution in [0.15, 0.2) is 18.2 Å². The van der Waals surface area contributed by atoms with Crippen LogP contribution in [0.5, 0.6) is 0 Å². The fourth-order valence-corrected chi connectivity index (χ4v) is 1.84. The molecule has 1 rings (SSSR count). The van der Waals surface area contributed by atoms with E-state index in [1.54, 1.807) is 6.07 Å². The quantitative estimate of drug-likeness (QED) is 0.810. The molecule has 0 aliphatic heterocycles. The van der Waals surface area contributed by atoms with Crippen LogP contribution in [-0.2, 0) is 15.7 Å². The van der Waals surface area contributed by atoms with Gasteiger partial charge in [-0.3, -0.25) is 4.79 Å². The summed E-state index contributed by atoms with van der Waals surface area (Å²) in [5.74, 6) is -0.837. The Morgan fingerprint density at radius 2 is 2.05 bits per heavy atom. The Morgan fingerprint density at radius 3 is 2.55 bits per heavy atom. The number of hydrogen-bond acceptors (Lipinski definition) is 5. The lowest BCUT2D eigenvalue weighted by Crippen LogP contribution is -2.25. The highest BCUT2D eigenvalue weighted by atomic mass is 19.4. The van der Waals surface area contributed by atoms with Crippen molar-refractivity contribution in [1.82, 2.24) is 0 Å². The van der Waals surface area contributed by atoms with Crippen LogP contribution < -0.4 is 0 Å². The van der Waals surface area contributed by atoms with Crippen molar-refractivity contribution in [3.63, 3.8) is 0 Å². The Balaban J connectivity index is 3.09. The van der Waals surface area contributed by atoms with E-state index in [1.807, 2.05) is 0 Å². The third-order valence-corrected chi connectivity index (χ3v) is 2.85. The van der Waals surface area contributed by atoms with Gasteiger partial charge < -0.3 is 14.9 Å². The van der Waals surface area contributed by atoms with Crippen LogP contribution in [0.2, 0.25) is 0 Å². The van der Waals surface area contributed by atoms with Crippen molar-refractivity contribution in [3.05, 3.63) is 34.9 Å². The summed E-state index contributed by atoms with van der Waals surface area (Å²) in [6.45, 7) is 1.58. The SMILES string of the molecule is CCOC(=O)CC(O)C(O)c1ccc(C#N)cc1C(F)(F)F. The van der Waals surface area contributed by atoms with E-state index in [0.29, 0.717) is 6.07 Å². The van der Waals surface area contributed by atoms with Crippen LogP contribution in [0, 0.1) is 11.3 Å². The molecule has 0 bridgehead atoms. The second-order valence-corrected chi connectivity index (χ2v) is 4.43. The number of esters is 1. The number of ether oxygens (including phenoxy) is 1. The highest BCUT2D eigenvalue weighted by molar-refractivity contribution is 5.70. The molecule has 0 radical (unpaired) electrons. The number of carbonyl (C=O) groups excluding carboxylic acids is 1. The fourth-order valence-electron chi connectivity index (χ4n) is 1.84. The highest BCUT2D eigenvalue weighted by Gasteiger charge is 2.37. The van der Waals surface area contributed by atoms with Gasteiger partial charge in [-0.15, -0.1) is 0 Å². The topological polar surface area (TPSA) is 90.6 Å². The summed E-state index contributed by atoms with van der Waals surface area (Å²) in [6, 6.07) is 4.14. The predicted octanol–water partition coefficient (Wildman–Crippen LogP) is 1.92. The standard InChI is InChI=1S/C14H14F3NO4/c1-2-22-12(20)6-11(19)13(21)9-4-3-8(7-18)5-10(9)14(15,16)17/h3-5,11,13,19,21H,2,6H2,1H3. The summed E-state index contributed by atoms with van der Waals surface area (Å²) < 4.78 is 43.5.